The van der Waals surface area contributed by atoms with Gasteiger partial charge in [-0.1, -0.05) is 57.8 Å². The minimum atomic E-state index is 0.0964. The first-order valence-electron chi connectivity index (χ1n) is 13.0. The molecule has 7 heteroatoms. The molecule has 2 aromatic carbocycles. The lowest BCUT2D eigenvalue weighted by Gasteiger charge is -2.13. The van der Waals surface area contributed by atoms with E-state index in [1.807, 2.05) is 42.5 Å². The van der Waals surface area contributed by atoms with Crippen molar-refractivity contribution in [2.24, 2.45) is 11.7 Å². The molecule has 0 saturated heterocycles. The molecule has 3 N–H and O–H groups in total. The number of amides is 1. The van der Waals surface area contributed by atoms with Crippen LogP contribution in [0.1, 0.15) is 76.3 Å². The number of hydrogen-bond acceptors (Lipinski definition) is 5. The molecule has 0 aliphatic heterocycles. The molecule has 0 bridgehead atoms. The molecule has 0 saturated carbocycles. The first-order chi connectivity index (χ1) is 17.4. The minimum Gasteiger partial charge on any atom is -0.494 e. The van der Waals surface area contributed by atoms with Crippen molar-refractivity contribution in [1.82, 2.24) is 5.32 Å². The van der Waals surface area contributed by atoms with E-state index in [0.29, 0.717) is 42.7 Å². The zero-order valence-electron chi connectivity index (χ0n) is 22.0. The van der Waals surface area contributed by atoms with E-state index in [9.17, 15) is 4.79 Å². The third kappa shape index (κ3) is 11.8. The summed E-state index contributed by atoms with van der Waals surface area (Å²) in [5, 5.41) is 3.01. The Hall–Kier alpha value is -2.80. The summed E-state index contributed by atoms with van der Waals surface area (Å²) in [4.78, 5) is 12.5. The highest BCUT2D eigenvalue weighted by Crippen LogP contribution is 2.28. The van der Waals surface area contributed by atoms with Gasteiger partial charge >= 0.3 is 0 Å². The third-order valence-corrected chi connectivity index (χ3v) is 6.09. The number of nitrogens with two attached hydrogens (primary N) is 1. The lowest BCUT2D eigenvalue weighted by molar-refractivity contribution is -0.121. The molecule has 0 aromatic heterocycles. The number of carbonyl (C=O) groups is 1. The number of rotatable bonds is 18. The Morgan fingerprint density at radius 2 is 1.61 bits per heavy atom. The van der Waals surface area contributed by atoms with Gasteiger partial charge < -0.3 is 25.3 Å². The highest BCUT2D eigenvalue weighted by Gasteiger charge is 2.08. The fourth-order valence-corrected chi connectivity index (χ4v) is 3.85. The summed E-state index contributed by atoms with van der Waals surface area (Å²) in [6, 6.07) is 13.2. The number of methoxy groups -OCH3 is 1. The molecule has 198 valence electrons. The quantitative estimate of drug-likeness (QED) is 0.183. The van der Waals surface area contributed by atoms with Crippen LogP contribution in [0, 0.1) is 5.92 Å². The Morgan fingerprint density at radius 1 is 0.917 bits per heavy atom. The maximum atomic E-state index is 12.2. The number of hydrogen-bond donors (Lipinski definition) is 2. The van der Waals surface area contributed by atoms with Crippen molar-refractivity contribution >= 4 is 23.1 Å². The van der Waals surface area contributed by atoms with Gasteiger partial charge in [0.1, 0.15) is 10.7 Å². The van der Waals surface area contributed by atoms with Crippen molar-refractivity contribution in [1.29, 1.82) is 0 Å². The van der Waals surface area contributed by atoms with E-state index >= 15 is 0 Å². The summed E-state index contributed by atoms with van der Waals surface area (Å²) in [6.07, 6.45) is 8.07. The first-order valence-corrected chi connectivity index (χ1v) is 13.4. The number of benzene rings is 2. The molecule has 0 heterocycles. The van der Waals surface area contributed by atoms with Crippen LogP contribution < -0.4 is 25.3 Å². The third-order valence-electron chi connectivity index (χ3n) is 5.86. The number of unbranched alkanes of at least 4 members (excludes halogenated alkanes) is 4. The summed E-state index contributed by atoms with van der Waals surface area (Å²) in [5.41, 5.74) is 7.42. The topological polar surface area (TPSA) is 82.8 Å². The van der Waals surface area contributed by atoms with Crippen LogP contribution in [-0.2, 0) is 11.3 Å². The van der Waals surface area contributed by atoms with Crippen LogP contribution in [0.25, 0.3) is 0 Å². The van der Waals surface area contributed by atoms with Gasteiger partial charge in [0.05, 0.1) is 20.3 Å². The lowest BCUT2D eigenvalue weighted by atomic mass is 10.0. The van der Waals surface area contributed by atoms with Gasteiger partial charge in [-0.15, -0.1) is 0 Å². The molecule has 6 nitrogen and oxygen atoms in total. The Balaban J connectivity index is 1.63. The standard InChI is InChI=1S/C29H42N2O4S/c1-22(2)10-6-4-5-7-11-28(32)31-21-23-12-17-26(27(20-23)33-3)35-19-9-8-18-34-25-15-13-24(14-16-25)29(30)36/h12-17,20,22H,4-11,18-19,21H2,1-3H3,(H2,30,36)(H,31,32). The van der Waals surface area contributed by atoms with E-state index in [1.165, 1.54) is 19.3 Å². The van der Waals surface area contributed by atoms with Crippen LogP contribution in [0.3, 0.4) is 0 Å². The lowest BCUT2D eigenvalue weighted by Crippen LogP contribution is -2.22. The van der Waals surface area contributed by atoms with E-state index in [2.05, 4.69) is 19.2 Å². The fourth-order valence-electron chi connectivity index (χ4n) is 3.71. The van der Waals surface area contributed by atoms with Crippen molar-refractivity contribution in [3.63, 3.8) is 0 Å². The molecule has 0 radical (unpaired) electrons. The molecular formula is C29H42N2O4S. The van der Waals surface area contributed by atoms with Gasteiger partial charge in [-0.2, -0.15) is 0 Å². The number of carbonyl (C=O) groups excluding carboxylic acids is 1. The summed E-state index contributed by atoms with van der Waals surface area (Å²) in [5.74, 6) is 3.01. The van der Waals surface area contributed by atoms with E-state index < -0.39 is 0 Å². The fraction of sp³-hybridized carbons (Fsp3) is 0.517. The maximum absolute atomic E-state index is 12.2. The Bertz CT molecular complexity index is 931. The van der Waals surface area contributed by atoms with E-state index in [-0.39, 0.29) is 5.91 Å². The van der Waals surface area contributed by atoms with Crippen LogP contribution in [0.2, 0.25) is 0 Å². The predicted molar refractivity (Wildman–Crippen MR) is 150 cm³/mol. The van der Waals surface area contributed by atoms with Crippen molar-refractivity contribution < 1.29 is 19.0 Å². The van der Waals surface area contributed by atoms with Crippen molar-refractivity contribution in [3.05, 3.63) is 53.6 Å². The van der Waals surface area contributed by atoms with Gasteiger partial charge in [-0.05, 0) is 67.1 Å². The van der Waals surface area contributed by atoms with Crippen molar-refractivity contribution in [2.75, 3.05) is 20.3 Å². The highest BCUT2D eigenvalue weighted by molar-refractivity contribution is 7.80. The minimum absolute atomic E-state index is 0.0964. The molecule has 0 unspecified atom stereocenters. The van der Waals surface area contributed by atoms with Crippen molar-refractivity contribution in [3.8, 4) is 17.2 Å². The van der Waals surface area contributed by atoms with Gasteiger partial charge in [-0.3, -0.25) is 4.79 Å². The van der Waals surface area contributed by atoms with Crippen LogP contribution >= 0.6 is 12.2 Å². The molecule has 0 fully saturated rings. The Kier molecular flexibility index (Phi) is 13.7. The molecule has 0 spiro atoms. The van der Waals surface area contributed by atoms with Crippen LogP contribution in [0.4, 0.5) is 0 Å². The summed E-state index contributed by atoms with van der Waals surface area (Å²) >= 11 is 4.96. The van der Waals surface area contributed by atoms with Gasteiger partial charge in [-0.25, -0.2) is 0 Å². The van der Waals surface area contributed by atoms with E-state index in [4.69, 9.17) is 32.2 Å². The van der Waals surface area contributed by atoms with Crippen LogP contribution in [0.5, 0.6) is 17.2 Å². The second-order valence-electron chi connectivity index (χ2n) is 9.40. The highest BCUT2D eigenvalue weighted by atomic mass is 32.1. The number of nitrogens with one attached hydrogen (secondary N) is 1. The molecule has 1 amide bonds. The molecular weight excluding hydrogens is 472 g/mol. The predicted octanol–water partition coefficient (Wildman–Crippen LogP) is 6.18. The molecule has 2 rings (SSSR count). The molecule has 0 aliphatic rings. The molecule has 0 aliphatic carbocycles. The first kappa shape index (κ1) is 29.4. The van der Waals surface area contributed by atoms with E-state index in [1.54, 1.807) is 7.11 Å². The smallest absolute Gasteiger partial charge is 0.220 e. The summed E-state index contributed by atoms with van der Waals surface area (Å²) in [7, 11) is 1.63. The second-order valence-corrected chi connectivity index (χ2v) is 9.84. The van der Waals surface area contributed by atoms with Gasteiger partial charge in [0.25, 0.3) is 0 Å². The summed E-state index contributed by atoms with van der Waals surface area (Å²) < 4.78 is 17.2. The average Bonchev–Trinajstić information content (AvgIpc) is 2.87. The van der Waals surface area contributed by atoms with E-state index in [0.717, 1.165) is 48.5 Å². The zero-order chi connectivity index (χ0) is 26.2. The monoisotopic (exact) mass is 514 g/mol. The van der Waals surface area contributed by atoms with Gasteiger partial charge in [0.15, 0.2) is 11.5 Å². The normalized spacial score (nSPS) is 10.8. The SMILES string of the molecule is COc1cc(CNC(=O)CCCCCCC(C)C)ccc1OCCCCOc1ccc(C(N)=S)cc1. The Morgan fingerprint density at radius 3 is 2.28 bits per heavy atom. The van der Waals surface area contributed by atoms with Crippen molar-refractivity contribution in [2.45, 2.75) is 71.8 Å². The molecule has 2 aromatic rings. The molecule has 0 atom stereocenters. The summed E-state index contributed by atoms with van der Waals surface area (Å²) in [6.45, 7) is 6.15. The van der Waals surface area contributed by atoms with Gasteiger partial charge in [0, 0.05) is 18.5 Å². The van der Waals surface area contributed by atoms with Gasteiger partial charge in [0.2, 0.25) is 5.91 Å². The molecule has 36 heavy (non-hydrogen) atoms. The zero-order valence-corrected chi connectivity index (χ0v) is 22.8. The number of thiocarbonyl (C=S) groups is 1. The number of ether oxygens (including phenoxy) is 3. The maximum Gasteiger partial charge on any atom is 0.220 e. The van der Waals surface area contributed by atoms with Crippen LogP contribution in [-0.4, -0.2) is 31.2 Å². The largest absolute Gasteiger partial charge is 0.494 e. The Labute approximate surface area is 221 Å². The second kappa shape index (κ2) is 16.8. The van der Waals surface area contributed by atoms with Crippen LogP contribution in [0.15, 0.2) is 42.5 Å². The average molecular weight is 515 g/mol.